The number of benzene rings is 2. The minimum atomic E-state index is -0.396. The molecule has 0 spiro atoms. The Hall–Kier alpha value is -3.01. The number of hydrogen-bond acceptors (Lipinski definition) is 4. The maximum absolute atomic E-state index is 11.9. The SMILES string of the molecule is CCOc1cccc2cc(-c3cc(=O)oc4ccc(C)cc34)oc12. The van der Waals surface area contributed by atoms with E-state index in [1.807, 2.05) is 56.3 Å². The molecule has 0 bridgehead atoms. The van der Waals surface area contributed by atoms with Crippen LogP contribution in [-0.4, -0.2) is 6.61 Å². The van der Waals surface area contributed by atoms with Crippen molar-refractivity contribution < 1.29 is 13.6 Å². The molecule has 0 atom stereocenters. The summed E-state index contributed by atoms with van der Waals surface area (Å²) in [7, 11) is 0. The van der Waals surface area contributed by atoms with Crippen LogP contribution in [0.4, 0.5) is 0 Å². The van der Waals surface area contributed by atoms with Crippen molar-refractivity contribution in [3.05, 3.63) is 64.5 Å². The lowest BCUT2D eigenvalue weighted by Crippen LogP contribution is -1.97. The Morgan fingerprint density at radius 2 is 1.92 bits per heavy atom. The summed E-state index contributed by atoms with van der Waals surface area (Å²) in [6.07, 6.45) is 0. The van der Waals surface area contributed by atoms with E-state index < -0.39 is 5.63 Å². The van der Waals surface area contributed by atoms with Crippen molar-refractivity contribution in [2.45, 2.75) is 13.8 Å². The highest BCUT2D eigenvalue weighted by Gasteiger charge is 2.14. The molecule has 0 fully saturated rings. The van der Waals surface area contributed by atoms with Crippen LogP contribution in [0.25, 0.3) is 33.3 Å². The van der Waals surface area contributed by atoms with Gasteiger partial charge in [-0.2, -0.15) is 0 Å². The molecule has 2 aromatic carbocycles. The molecule has 4 rings (SSSR count). The van der Waals surface area contributed by atoms with Gasteiger partial charge >= 0.3 is 5.63 Å². The lowest BCUT2D eigenvalue weighted by molar-refractivity contribution is 0.339. The molecule has 0 aliphatic rings. The van der Waals surface area contributed by atoms with Gasteiger partial charge in [-0.3, -0.25) is 0 Å². The van der Waals surface area contributed by atoms with E-state index in [9.17, 15) is 4.79 Å². The number of hydrogen-bond donors (Lipinski definition) is 0. The van der Waals surface area contributed by atoms with E-state index in [4.69, 9.17) is 13.6 Å². The molecular weight excluding hydrogens is 304 g/mol. The Bertz CT molecular complexity index is 1100. The van der Waals surface area contributed by atoms with E-state index in [2.05, 4.69) is 0 Å². The Morgan fingerprint density at radius 3 is 2.75 bits per heavy atom. The average molecular weight is 320 g/mol. The van der Waals surface area contributed by atoms with Crippen molar-refractivity contribution >= 4 is 21.9 Å². The third-order valence-corrected chi connectivity index (χ3v) is 3.97. The van der Waals surface area contributed by atoms with Gasteiger partial charge in [0.15, 0.2) is 11.3 Å². The van der Waals surface area contributed by atoms with Crippen molar-refractivity contribution in [3.8, 4) is 17.1 Å². The highest BCUT2D eigenvalue weighted by molar-refractivity contribution is 5.95. The third-order valence-electron chi connectivity index (χ3n) is 3.97. The molecule has 0 aliphatic heterocycles. The van der Waals surface area contributed by atoms with Gasteiger partial charge < -0.3 is 13.6 Å². The maximum Gasteiger partial charge on any atom is 0.336 e. The largest absolute Gasteiger partial charge is 0.490 e. The molecule has 4 heteroatoms. The van der Waals surface area contributed by atoms with Gasteiger partial charge in [-0.15, -0.1) is 0 Å². The molecule has 0 amide bonds. The quantitative estimate of drug-likeness (QED) is 0.503. The number of para-hydroxylation sites is 1. The summed E-state index contributed by atoms with van der Waals surface area (Å²) in [6, 6.07) is 14.9. The summed E-state index contributed by atoms with van der Waals surface area (Å²) in [5, 5.41) is 1.79. The lowest BCUT2D eigenvalue weighted by atomic mass is 10.1. The number of ether oxygens (including phenoxy) is 1. The van der Waals surface area contributed by atoms with Crippen LogP contribution in [0.3, 0.4) is 0 Å². The highest BCUT2D eigenvalue weighted by Crippen LogP contribution is 2.36. The zero-order valence-corrected chi connectivity index (χ0v) is 13.5. The van der Waals surface area contributed by atoms with Gasteiger partial charge in [0, 0.05) is 22.4 Å². The Morgan fingerprint density at radius 1 is 1.04 bits per heavy atom. The summed E-state index contributed by atoms with van der Waals surface area (Å²) in [5.74, 6) is 1.32. The summed E-state index contributed by atoms with van der Waals surface area (Å²) in [4.78, 5) is 11.9. The van der Waals surface area contributed by atoms with Crippen LogP contribution in [0.1, 0.15) is 12.5 Å². The zero-order chi connectivity index (χ0) is 16.7. The molecule has 2 heterocycles. The predicted molar refractivity (Wildman–Crippen MR) is 93.6 cm³/mol. The molecule has 0 saturated carbocycles. The van der Waals surface area contributed by atoms with Crippen LogP contribution in [0.15, 0.2) is 62.2 Å². The average Bonchev–Trinajstić information content (AvgIpc) is 3.00. The topological polar surface area (TPSA) is 52.6 Å². The van der Waals surface area contributed by atoms with Crippen LogP contribution in [0.5, 0.6) is 5.75 Å². The molecule has 0 saturated heterocycles. The van der Waals surface area contributed by atoms with E-state index in [1.165, 1.54) is 6.07 Å². The first-order valence-corrected chi connectivity index (χ1v) is 7.86. The molecule has 0 aliphatic carbocycles. The predicted octanol–water partition coefficient (Wildman–Crippen LogP) is 4.91. The standard InChI is InChI=1S/C20H16O4/c1-3-22-17-6-4-5-13-10-18(24-20(13)17)15-11-19(21)23-16-8-7-12(2)9-14(15)16/h4-11H,3H2,1-2H3. The zero-order valence-electron chi connectivity index (χ0n) is 13.5. The molecule has 120 valence electrons. The molecule has 0 radical (unpaired) electrons. The number of fused-ring (bicyclic) bond motifs is 2. The second-order valence-corrected chi connectivity index (χ2v) is 5.70. The van der Waals surface area contributed by atoms with Crippen LogP contribution < -0.4 is 10.4 Å². The number of aryl methyl sites for hydroxylation is 1. The van der Waals surface area contributed by atoms with E-state index in [0.29, 0.717) is 29.3 Å². The fourth-order valence-corrected chi connectivity index (χ4v) is 2.92. The molecule has 4 aromatic rings. The first-order chi connectivity index (χ1) is 11.7. The summed E-state index contributed by atoms with van der Waals surface area (Å²) in [5.41, 5.74) is 2.65. The van der Waals surface area contributed by atoms with Gasteiger partial charge in [-0.1, -0.05) is 23.8 Å². The molecular formula is C20H16O4. The summed E-state index contributed by atoms with van der Waals surface area (Å²) >= 11 is 0. The van der Waals surface area contributed by atoms with Gasteiger partial charge in [0.2, 0.25) is 0 Å². The Labute approximate surface area is 138 Å². The van der Waals surface area contributed by atoms with Crippen LogP contribution in [0.2, 0.25) is 0 Å². The smallest absolute Gasteiger partial charge is 0.336 e. The van der Waals surface area contributed by atoms with Crippen molar-refractivity contribution in [2.75, 3.05) is 6.61 Å². The fraction of sp³-hybridized carbons (Fsp3) is 0.150. The molecule has 0 N–H and O–H groups in total. The van der Waals surface area contributed by atoms with Crippen molar-refractivity contribution in [3.63, 3.8) is 0 Å². The van der Waals surface area contributed by atoms with E-state index in [0.717, 1.165) is 21.9 Å². The van der Waals surface area contributed by atoms with E-state index >= 15 is 0 Å². The molecule has 2 aromatic heterocycles. The van der Waals surface area contributed by atoms with Crippen LogP contribution in [-0.2, 0) is 0 Å². The fourth-order valence-electron chi connectivity index (χ4n) is 2.92. The molecule has 0 unspecified atom stereocenters. The van der Waals surface area contributed by atoms with Crippen molar-refractivity contribution in [1.82, 2.24) is 0 Å². The van der Waals surface area contributed by atoms with Crippen molar-refractivity contribution in [1.29, 1.82) is 0 Å². The van der Waals surface area contributed by atoms with Gasteiger partial charge in [0.25, 0.3) is 0 Å². The van der Waals surface area contributed by atoms with Gasteiger partial charge in [-0.25, -0.2) is 4.79 Å². The first-order valence-electron chi connectivity index (χ1n) is 7.86. The van der Waals surface area contributed by atoms with Crippen LogP contribution in [0, 0.1) is 6.92 Å². The summed E-state index contributed by atoms with van der Waals surface area (Å²) < 4.78 is 17.0. The highest BCUT2D eigenvalue weighted by atomic mass is 16.5. The monoisotopic (exact) mass is 320 g/mol. The minimum Gasteiger partial charge on any atom is -0.490 e. The number of rotatable bonds is 3. The van der Waals surface area contributed by atoms with Crippen LogP contribution >= 0.6 is 0 Å². The van der Waals surface area contributed by atoms with E-state index in [-0.39, 0.29) is 0 Å². The maximum atomic E-state index is 11.9. The van der Waals surface area contributed by atoms with Gasteiger partial charge in [0.1, 0.15) is 11.3 Å². The molecule has 4 nitrogen and oxygen atoms in total. The van der Waals surface area contributed by atoms with Crippen molar-refractivity contribution in [2.24, 2.45) is 0 Å². The minimum absolute atomic E-state index is 0.396. The second kappa shape index (κ2) is 5.57. The Kier molecular flexibility index (Phi) is 3.38. The second-order valence-electron chi connectivity index (χ2n) is 5.70. The molecule has 24 heavy (non-hydrogen) atoms. The number of furan rings is 1. The first kappa shape index (κ1) is 14.6. The van der Waals surface area contributed by atoms with Gasteiger partial charge in [0.05, 0.1) is 6.61 Å². The third kappa shape index (κ3) is 2.36. The van der Waals surface area contributed by atoms with Gasteiger partial charge in [-0.05, 0) is 38.1 Å². The summed E-state index contributed by atoms with van der Waals surface area (Å²) in [6.45, 7) is 4.49. The Balaban J connectivity index is 2.01. The lowest BCUT2D eigenvalue weighted by Gasteiger charge is -2.04. The van der Waals surface area contributed by atoms with E-state index in [1.54, 1.807) is 0 Å². The normalized spacial score (nSPS) is 11.2.